The highest BCUT2D eigenvalue weighted by Crippen LogP contribution is 2.07. The molecule has 0 amide bonds. The molecule has 14 heavy (non-hydrogen) atoms. The van der Waals surface area contributed by atoms with Gasteiger partial charge < -0.3 is 9.31 Å². The SMILES string of the molecule is CCc1cc(F)ccc1B1OCCO1. The van der Waals surface area contributed by atoms with E-state index in [9.17, 15) is 4.39 Å². The van der Waals surface area contributed by atoms with E-state index >= 15 is 0 Å². The summed E-state index contributed by atoms with van der Waals surface area (Å²) >= 11 is 0. The summed E-state index contributed by atoms with van der Waals surface area (Å²) in [5, 5.41) is 0. The zero-order chi connectivity index (χ0) is 9.97. The summed E-state index contributed by atoms with van der Waals surface area (Å²) in [6, 6.07) is 4.73. The first-order valence-electron chi connectivity index (χ1n) is 4.83. The Morgan fingerprint density at radius 1 is 1.36 bits per heavy atom. The van der Waals surface area contributed by atoms with Gasteiger partial charge in [0.15, 0.2) is 0 Å². The average molecular weight is 194 g/mol. The van der Waals surface area contributed by atoms with Crippen molar-refractivity contribution in [2.45, 2.75) is 13.3 Å². The standard InChI is InChI=1S/C10H12BFO2/c1-2-8-7-9(12)3-4-10(8)11-13-5-6-14-11/h3-4,7H,2,5-6H2,1H3. The third-order valence-corrected chi connectivity index (χ3v) is 2.36. The van der Waals surface area contributed by atoms with E-state index < -0.39 is 0 Å². The summed E-state index contributed by atoms with van der Waals surface area (Å²) in [7, 11) is -0.300. The van der Waals surface area contributed by atoms with Crippen LogP contribution < -0.4 is 5.46 Å². The molecule has 0 aromatic heterocycles. The van der Waals surface area contributed by atoms with E-state index in [2.05, 4.69) is 0 Å². The highest BCUT2D eigenvalue weighted by Gasteiger charge is 2.28. The smallest absolute Gasteiger partial charge is 0.405 e. The molecule has 1 aromatic carbocycles. The monoisotopic (exact) mass is 194 g/mol. The van der Waals surface area contributed by atoms with Crippen LogP contribution in [-0.2, 0) is 15.7 Å². The Balaban J connectivity index is 2.31. The van der Waals surface area contributed by atoms with Crippen LogP contribution >= 0.6 is 0 Å². The van der Waals surface area contributed by atoms with E-state index in [1.807, 2.05) is 6.92 Å². The molecule has 1 saturated heterocycles. The fraction of sp³-hybridized carbons (Fsp3) is 0.400. The molecule has 0 aliphatic carbocycles. The first kappa shape index (κ1) is 9.68. The third-order valence-electron chi connectivity index (χ3n) is 2.36. The minimum absolute atomic E-state index is 0.205. The van der Waals surface area contributed by atoms with Gasteiger partial charge in [-0.25, -0.2) is 4.39 Å². The van der Waals surface area contributed by atoms with Gasteiger partial charge in [0.25, 0.3) is 0 Å². The second-order valence-corrected chi connectivity index (χ2v) is 3.27. The lowest BCUT2D eigenvalue weighted by Crippen LogP contribution is -2.34. The van der Waals surface area contributed by atoms with Gasteiger partial charge in [0.05, 0.1) is 13.2 Å². The van der Waals surface area contributed by atoms with Crippen LogP contribution in [0.15, 0.2) is 18.2 Å². The molecule has 4 heteroatoms. The van der Waals surface area contributed by atoms with Crippen molar-refractivity contribution >= 4 is 12.6 Å². The molecule has 0 saturated carbocycles. The van der Waals surface area contributed by atoms with Crippen LogP contribution in [0.25, 0.3) is 0 Å². The Morgan fingerprint density at radius 2 is 2.07 bits per heavy atom. The van der Waals surface area contributed by atoms with Crippen molar-refractivity contribution in [1.82, 2.24) is 0 Å². The first-order valence-corrected chi connectivity index (χ1v) is 4.83. The molecule has 0 N–H and O–H groups in total. The van der Waals surface area contributed by atoms with Crippen molar-refractivity contribution in [3.05, 3.63) is 29.6 Å². The minimum Gasteiger partial charge on any atom is -0.405 e. The van der Waals surface area contributed by atoms with Crippen molar-refractivity contribution in [2.75, 3.05) is 13.2 Å². The maximum Gasteiger partial charge on any atom is 0.494 e. The topological polar surface area (TPSA) is 18.5 Å². The van der Waals surface area contributed by atoms with E-state index in [1.54, 1.807) is 12.1 Å². The molecule has 1 fully saturated rings. The van der Waals surface area contributed by atoms with Crippen LogP contribution in [0, 0.1) is 5.82 Å². The molecule has 1 aliphatic rings. The van der Waals surface area contributed by atoms with Gasteiger partial charge in [0, 0.05) is 0 Å². The molecule has 2 nitrogen and oxygen atoms in total. The molecule has 0 bridgehead atoms. The average Bonchev–Trinajstić information content (AvgIpc) is 2.70. The second kappa shape index (κ2) is 4.11. The zero-order valence-corrected chi connectivity index (χ0v) is 8.13. The van der Waals surface area contributed by atoms with Gasteiger partial charge in [-0.05, 0) is 29.6 Å². The molecule has 1 heterocycles. The number of halogens is 1. The van der Waals surface area contributed by atoms with Crippen LogP contribution in [0.1, 0.15) is 12.5 Å². The van der Waals surface area contributed by atoms with E-state index in [-0.39, 0.29) is 12.9 Å². The number of hydrogen-bond acceptors (Lipinski definition) is 2. The van der Waals surface area contributed by atoms with Gasteiger partial charge in [0.1, 0.15) is 5.82 Å². The summed E-state index contributed by atoms with van der Waals surface area (Å²) in [6.45, 7) is 3.23. The van der Waals surface area contributed by atoms with Crippen LogP contribution in [0.2, 0.25) is 0 Å². The molecule has 0 spiro atoms. The molecule has 0 atom stereocenters. The van der Waals surface area contributed by atoms with Crippen LogP contribution in [0.4, 0.5) is 4.39 Å². The Labute approximate surface area is 83.2 Å². The molecule has 1 aliphatic heterocycles. The summed E-state index contributed by atoms with van der Waals surface area (Å²) in [5.41, 5.74) is 1.91. The van der Waals surface area contributed by atoms with Crippen LogP contribution in [0.5, 0.6) is 0 Å². The zero-order valence-electron chi connectivity index (χ0n) is 8.13. The maximum atomic E-state index is 12.9. The van der Waals surface area contributed by atoms with E-state index in [4.69, 9.17) is 9.31 Å². The lowest BCUT2D eigenvalue weighted by Gasteiger charge is -2.09. The molecular formula is C10H12BFO2. The molecule has 0 unspecified atom stereocenters. The predicted molar refractivity (Wildman–Crippen MR) is 53.1 cm³/mol. The lowest BCUT2D eigenvalue weighted by atomic mass is 9.75. The summed E-state index contributed by atoms with van der Waals surface area (Å²) in [5.74, 6) is -0.205. The van der Waals surface area contributed by atoms with Gasteiger partial charge in [-0.2, -0.15) is 0 Å². The quantitative estimate of drug-likeness (QED) is 0.657. The number of aryl methyl sites for hydroxylation is 1. The normalized spacial score (nSPS) is 16.3. The highest BCUT2D eigenvalue weighted by atomic mass is 19.1. The Bertz CT molecular complexity index is 324. The van der Waals surface area contributed by atoms with Gasteiger partial charge >= 0.3 is 7.12 Å². The molecule has 74 valence electrons. The number of benzene rings is 1. The van der Waals surface area contributed by atoms with Crippen LogP contribution in [-0.4, -0.2) is 20.3 Å². The van der Waals surface area contributed by atoms with Crippen LogP contribution in [0.3, 0.4) is 0 Å². The van der Waals surface area contributed by atoms with E-state index in [0.29, 0.717) is 13.2 Å². The second-order valence-electron chi connectivity index (χ2n) is 3.27. The van der Waals surface area contributed by atoms with Crippen molar-refractivity contribution in [3.63, 3.8) is 0 Å². The molecule has 0 radical (unpaired) electrons. The Kier molecular flexibility index (Phi) is 2.84. The highest BCUT2D eigenvalue weighted by molar-refractivity contribution is 6.62. The summed E-state index contributed by atoms with van der Waals surface area (Å²) in [6.07, 6.45) is 0.788. The lowest BCUT2D eigenvalue weighted by molar-refractivity contribution is 0.365. The van der Waals surface area contributed by atoms with Gasteiger partial charge in [-0.1, -0.05) is 13.0 Å². The maximum absolute atomic E-state index is 12.9. The van der Waals surface area contributed by atoms with Crippen molar-refractivity contribution in [2.24, 2.45) is 0 Å². The first-order chi connectivity index (χ1) is 6.81. The summed E-state index contributed by atoms with van der Waals surface area (Å²) in [4.78, 5) is 0. The molecule has 2 rings (SSSR count). The Morgan fingerprint density at radius 3 is 2.71 bits per heavy atom. The fourth-order valence-electron chi connectivity index (χ4n) is 1.65. The minimum atomic E-state index is -0.300. The number of rotatable bonds is 2. The van der Waals surface area contributed by atoms with Crippen molar-refractivity contribution < 1.29 is 13.7 Å². The van der Waals surface area contributed by atoms with Crippen molar-refractivity contribution in [1.29, 1.82) is 0 Å². The van der Waals surface area contributed by atoms with Crippen molar-refractivity contribution in [3.8, 4) is 0 Å². The number of hydrogen-bond donors (Lipinski definition) is 0. The van der Waals surface area contributed by atoms with Gasteiger partial charge in [-0.3, -0.25) is 0 Å². The predicted octanol–water partition coefficient (Wildman–Crippen LogP) is 1.13. The Hall–Kier alpha value is -0.865. The fourth-order valence-corrected chi connectivity index (χ4v) is 1.65. The largest absolute Gasteiger partial charge is 0.494 e. The van der Waals surface area contributed by atoms with E-state index in [0.717, 1.165) is 17.4 Å². The summed E-state index contributed by atoms with van der Waals surface area (Å²) < 4.78 is 23.7. The van der Waals surface area contributed by atoms with Gasteiger partial charge in [-0.15, -0.1) is 0 Å². The van der Waals surface area contributed by atoms with E-state index in [1.165, 1.54) is 6.07 Å². The molecule has 1 aromatic rings. The third kappa shape index (κ3) is 1.81. The van der Waals surface area contributed by atoms with Gasteiger partial charge in [0.2, 0.25) is 0 Å². The molecular weight excluding hydrogens is 182 g/mol.